The highest BCUT2D eigenvalue weighted by molar-refractivity contribution is 8.00. The summed E-state index contributed by atoms with van der Waals surface area (Å²) in [7, 11) is -1.42. The van der Waals surface area contributed by atoms with Gasteiger partial charge in [0.2, 0.25) is 0 Å². The molecule has 0 aliphatic heterocycles. The molecule has 35 heteroatoms. The summed E-state index contributed by atoms with van der Waals surface area (Å²) in [6.07, 6.45) is 13.5. The number of benzene rings is 3. The minimum absolute atomic E-state index is 0. The molecule has 3 aromatic carbocycles. The van der Waals surface area contributed by atoms with E-state index in [4.69, 9.17) is 56.4 Å². The second-order valence-corrected chi connectivity index (χ2v) is 32.5. The molecule has 1 unspecified atom stereocenters. The van der Waals surface area contributed by atoms with Gasteiger partial charge in [0.1, 0.15) is 127 Å². The number of aromatic amines is 1. The molecule has 13 aromatic heterocycles. The van der Waals surface area contributed by atoms with E-state index in [1.54, 1.807) is 75.6 Å². The Morgan fingerprint density at radius 1 is 0.358 bits per heavy atom. The maximum atomic E-state index is 10.2. The third kappa shape index (κ3) is 28.8. The van der Waals surface area contributed by atoms with Crippen LogP contribution in [0.1, 0.15) is 141 Å². The van der Waals surface area contributed by atoms with Crippen LogP contribution in [0, 0.1) is 104 Å². The minimum Gasteiger partial charge on any atom is -1.00 e. The van der Waals surface area contributed by atoms with Crippen molar-refractivity contribution in [3.05, 3.63) is 295 Å². The minimum atomic E-state index is -1.42. The summed E-state index contributed by atoms with van der Waals surface area (Å²) in [6.45, 7) is 36.9. The first-order chi connectivity index (χ1) is 56.6. The summed E-state index contributed by atoms with van der Waals surface area (Å²) in [4.78, 5) is 77.4. The van der Waals surface area contributed by atoms with Gasteiger partial charge in [-0.2, -0.15) is 23.8 Å². The zero-order valence-electron chi connectivity index (χ0n) is 70.1. The normalized spacial score (nSPS) is 12.3. The molecule has 1 fully saturated rings. The number of halogens is 5. The third-order valence-corrected chi connectivity index (χ3v) is 17.0. The van der Waals surface area contributed by atoms with E-state index in [0.29, 0.717) is 73.2 Å². The Balaban J connectivity index is 0.000000178. The lowest BCUT2D eigenvalue weighted by Crippen LogP contribution is -3.00. The van der Waals surface area contributed by atoms with Crippen LogP contribution in [0.2, 0.25) is 20.6 Å². The van der Waals surface area contributed by atoms with Crippen molar-refractivity contribution in [2.24, 2.45) is 0 Å². The monoisotopic (exact) mass is 1820 g/mol. The van der Waals surface area contributed by atoms with Crippen molar-refractivity contribution in [1.29, 1.82) is 0 Å². The number of aryl methyl sites for hydroxylation is 15. The van der Waals surface area contributed by atoms with Crippen LogP contribution < -0.4 is 24.0 Å². The Morgan fingerprint density at radius 3 is 1.12 bits per heavy atom. The van der Waals surface area contributed by atoms with Gasteiger partial charge >= 0.3 is 0 Å². The van der Waals surface area contributed by atoms with Crippen LogP contribution in [0.3, 0.4) is 0 Å². The molecule has 0 amide bonds. The number of nitrogens with zero attached hydrogens (tertiary/aromatic N) is 27. The average molecular weight is 1820 g/mol. The van der Waals surface area contributed by atoms with Crippen molar-refractivity contribution in [3.8, 4) is 23.3 Å². The SMILES string of the molecule is C=CC.C=Cc1cc(-n2nc(C)nc2C)nc(C)n1.C[S+](C)(C)=O.Cc1n[nH]c(C)n1.Cc1nc(/C=C/c2ccc3ccccc3n2)cc(-n2nc(C)nc2C)n1.Cc1nc(C2C[C@H]2c2ccc3ccccc3n2)cc(-n2nc(C)nc2C)n1.Cc1nc(Cl)cc(-n2nc(C)nc2C)n1.Cc1nc(Cl)cc(Cl)n1.Clc1ccc2ccccc2n1.[I-]. The lowest BCUT2D eigenvalue weighted by atomic mass is 10.1. The first-order valence-corrected chi connectivity index (χ1v) is 41.6. The van der Waals surface area contributed by atoms with Crippen molar-refractivity contribution >= 4 is 107 Å². The van der Waals surface area contributed by atoms with Gasteiger partial charge in [0.05, 0.1) is 49.3 Å². The number of hydrogen-bond acceptors (Lipinski definition) is 24. The molecule has 0 radical (unpaired) electrons. The molecule has 0 bridgehead atoms. The Morgan fingerprint density at radius 2 is 0.717 bits per heavy atom. The molecule has 0 spiro atoms. The number of hydrogen-bond donors (Lipinski definition) is 1. The zero-order valence-corrected chi connectivity index (χ0v) is 76.1. The Bertz CT molecular complexity index is 6180. The molecular formula is C85H93Cl4IN28OS. The maximum Gasteiger partial charge on any atom is 0.160 e. The fourth-order valence-electron chi connectivity index (χ4n) is 11.5. The van der Waals surface area contributed by atoms with Gasteiger partial charge < -0.3 is 24.0 Å². The molecule has 1 N–H and O–H groups in total. The molecule has 1 aliphatic rings. The van der Waals surface area contributed by atoms with E-state index < -0.39 is 9.93 Å². The zero-order chi connectivity index (χ0) is 86.4. The maximum absolute atomic E-state index is 10.2. The number of rotatable bonds is 9. The standard InChI is InChI=1S/C21H20N6.C20H18N6.C11H13N5.C9H10ClN5.C9H6ClN.C5H4Cl2N2.C4H7N3.C3H9OS.C3H6.HI/c1-12-23-20(11-21(24-12)27-14(3)22-13(2)26-27)17-10-16(17)19-9-8-15-6-4-5-7-18(15)25-19;1-13-22-18(12-20(23-13)26-15(3)21-14(2)25-26)11-10-17-9-8-16-6-4-5-7-19(16)24-17;1-5-10-6-11(14-7(2)13-10)16-9(4)12-8(3)15-16;1-5-12-8(10)4-9(13-5)15-7(3)11-6(2)14-15;10-9-6-5-7-3-1-2-4-8(7)11-9;1-3-8-4(6)2-5(7)9-3;1-3-5-4(2)7-6-3;1-5(2,3)4;1-3-2;/h4-9,11,16-17H,10H2,1-3H3;4-12H,1-3H3;5-6H,1H2,2-4H3;4H,1-3H3;1-6H;2H,1H3;1-2H3,(H,5,6,7);1-3H3;3H,1H2,2H3;1H/q;;;;;;;+1;;/p-1/b;11-10+;;;;;;;;/t16-,17?;;;;;;;;;/m1........./s1. The molecule has 120 heavy (non-hydrogen) atoms. The molecule has 620 valence electrons. The van der Waals surface area contributed by atoms with E-state index in [9.17, 15) is 4.21 Å². The smallest absolute Gasteiger partial charge is 0.160 e. The first-order valence-electron chi connectivity index (χ1n) is 37.3. The van der Waals surface area contributed by atoms with Crippen LogP contribution in [-0.4, -0.2) is 158 Å². The summed E-state index contributed by atoms with van der Waals surface area (Å²) < 4.78 is 17.1. The molecule has 16 aromatic rings. The van der Waals surface area contributed by atoms with Crippen molar-refractivity contribution < 1.29 is 28.2 Å². The predicted octanol–water partition coefficient (Wildman–Crippen LogP) is 14.7. The van der Waals surface area contributed by atoms with Gasteiger partial charge in [0.15, 0.2) is 23.3 Å². The van der Waals surface area contributed by atoms with Crippen molar-refractivity contribution in [3.63, 3.8) is 0 Å². The summed E-state index contributed by atoms with van der Waals surface area (Å²) in [5.41, 5.74) is 7.64. The highest BCUT2D eigenvalue weighted by atomic mass is 127. The van der Waals surface area contributed by atoms with Crippen LogP contribution >= 0.6 is 46.4 Å². The molecule has 1 aliphatic carbocycles. The lowest BCUT2D eigenvalue weighted by Gasteiger charge is -2.07. The number of aromatic nitrogens is 28. The molecule has 13 heterocycles. The quantitative estimate of drug-likeness (QED) is 0.0461. The fraction of sp³-hybridized carbons (Fsp3) is 0.259. The van der Waals surface area contributed by atoms with E-state index in [2.05, 4.69) is 160 Å². The van der Waals surface area contributed by atoms with Gasteiger partial charge in [-0.1, -0.05) is 126 Å². The summed E-state index contributed by atoms with van der Waals surface area (Å²) in [6, 6.07) is 45.3. The van der Waals surface area contributed by atoms with Crippen LogP contribution in [0.5, 0.6) is 0 Å². The molecule has 17 rings (SSSR count). The lowest BCUT2D eigenvalue weighted by molar-refractivity contribution is -0.0000286. The molecular weight excluding hydrogens is 1730 g/mol. The van der Waals surface area contributed by atoms with Gasteiger partial charge in [0.25, 0.3) is 0 Å². The van der Waals surface area contributed by atoms with Crippen molar-refractivity contribution in [2.45, 2.75) is 129 Å². The van der Waals surface area contributed by atoms with E-state index in [0.717, 1.165) is 132 Å². The number of para-hydroxylation sites is 3. The van der Waals surface area contributed by atoms with Gasteiger partial charge in [-0.25, -0.2) is 84.7 Å². The van der Waals surface area contributed by atoms with Crippen LogP contribution in [0.4, 0.5) is 0 Å². The fourth-order valence-corrected chi connectivity index (χ4v) is 12.4. The second kappa shape index (κ2) is 43.8. The number of allylic oxidation sites excluding steroid dienone is 1. The van der Waals surface area contributed by atoms with Crippen molar-refractivity contribution in [1.82, 2.24) is 139 Å². The highest BCUT2D eigenvalue weighted by Gasteiger charge is 2.42. The largest absolute Gasteiger partial charge is 1.00 e. The summed E-state index contributed by atoms with van der Waals surface area (Å²) >= 11 is 22.6. The molecule has 1 saturated carbocycles. The number of nitrogens with one attached hydrogen (secondary N) is 1. The topological polar surface area (TPSA) is 349 Å². The highest BCUT2D eigenvalue weighted by Crippen LogP contribution is 2.54. The first kappa shape index (κ1) is 93.7. The Kier molecular flexibility index (Phi) is 34.2. The molecule has 29 nitrogen and oxygen atoms in total. The summed E-state index contributed by atoms with van der Waals surface area (Å²) in [5, 5.41) is 29.0. The number of H-pyrrole nitrogens is 1. The Labute approximate surface area is 735 Å². The number of pyridine rings is 3. The third-order valence-electron chi connectivity index (χ3n) is 16.2. The van der Waals surface area contributed by atoms with Crippen LogP contribution in [0.15, 0.2) is 159 Å². The Hall–Kier alpha value is -11.8. The number of fused-ring (bicyclic) bond motifs is 3. The van der Waals surface area contributed by atoms with E-state index >= 15 is 0 Å². The summed E-state index contributed by atoms with van der Waals surface area (Å²) in [5.74, 6) is 14.8. The van der Waals surface area contributed by atoms with E-state index in [-0.39, 0.29) is 24.0 Å². The van der Waals surface area contributed by atoms with Crippen LogP contribution in [0.25, 0.3) is 74.2 Å². The second-order valence-electron chi connectivity index (χ2n) is 27.5. The van der Waals surface area contributed by atoms with Crippen molar-refractivity contribution in [2.75, 3.05) is 18.8 Å². The molecule has 0 saturated heterocycles. The van der Waals surface area contributed by atoms with E-state index in [1.807, 2.05) is 194 Å². The van der Waals surface area contributed by atoms with Gasteiger partial charge in [-0.05, 0) is 178 Å². The van der Waals surface area contributed by atoms with Gasteiger partial charge in [-0.3, -0.25) is 10.1 Å². The predicted molar refractivity (Wildman–Crippen MR) is 473 cm³/mol. The average Bonchev–Trinajstić information content (AvgIpc) is 1.61. The van der Waals surface area contributed by atoms with Gasteiger partial charge in [-0.15, -0.1) is 31.2 Å². The molecule has 2 atom stereocenters. The van der Waals surface area contributed by atoms with Crippen LogP contribution in [-0.2, 0) is 14.1 Å². The van der Waals surface area contributed by atoms with Gasteiger partial charge in [0, 0.05) is 64.0 Å². The van der Waals surface area contributed by atoms with E-state index in [1.165, 1.54) is 11.5 Å².